The van der Waals surface area contributed by atoms with Crippen LogP contribution < -0.4 is 5.32 Å². The van der Waals surface area contributed by atoms with E-state index >= 15 is 0 Å². The minimum absolute atomic E-state index is 0.00120. The number of likely N-dealkylation sites (tertiary alicyclic amines) is 1. The molecule has 3 aliphatic rings. The van der Waals surface area contributed by atoms with Gasteiger partial charge in [-0.3, -0.25) is 14.4 Å². The van der Waals surface area contributed by atoms with E-state index in [0.29, 0.717) is 44.3 Å². The molecule has 2 aliphatic carbocycles. The maximum absolute atomic E-state index is 12.4. The average Bonchev–Trinajstić information content (AvgIpc) is 2.95. The van der Waals surface area contributed by atoms with Gasteiger partial charge in [-0.25, -0.2) is 0 Å². The Balaban J connectivity index is 1.25. The molecule has 3 atom stereocenters. The molecule has 3 fully saturated rings. The summed E-state index contributed by atoms with van der Waals surface area (Å²) >= 11 is 0. The number of piperidine rings is 1. The van der Waals surface area contributed by atoms with Crippen molar-refractivity contribution >= 4 is 17.8 Å². The maximum atomic E-state index is 12.4. The van der Waals surface area contributed by atoms with Crippen LogP contribution in [0.1, 0.15) is 36.0 Å². The van der Waals surface area contributed by atoms with Crippen molar-refractivity contribution in [1.29, 1.82) is 0 Å². The van der Waals surface area contributed by atoms with E-state index in [2.05, 4.69) is 5.32 Å². The summed E-state index contributed by atoms with van der Waals surface area (Å²) < 4.78 is 4.93. The minimum Gasteiger partial charge on any atom is -0.481 e. The number of aliphatic carboxylic acids is 1. The SMILES string of the molecule is O=C(N[C@@H]1C[C@@]2(C(=O)O)C[C@@H]12)C1CCN(C(=O)c2ccoc2)CC1. The second-order valence-electron chi connectivity index (χ2n) is 7.17. The Morgan fingerprint density at radius 2 is 2.00 bits per heavy atom. The van der Waals surface area contributed by atoms with E-state index in [-0.39, 0.29) is 29.7 Å². The summed E-state index contributed by atoms with van der Waals surface area (Å²) in [4.78, 5) is 37.5. The average molecular weight is 332 g/mol. The summed E-state index contributed by atoms with van der Waals surface area (Å²) in [5.74, 6) is -0.783. The van der Waals surface area contributed by atoms with Crippen LogP contribution in [0.15, 0.2) is 23.0 Å². The fourth-order valence-corrected chi connectivity index (χ4v) is 4.17. The van der Waals surface area contributed by atoms with Crippen molar-refractivity contribution in [2.75, 3.05) is 13.1 Å². The Labute approximate surface area is 139 Å². The first kappa shape index (κ1) is 15.2. The lowest BCUT2D eigenvalue weighted by molar-refractivity contribution is -0.148. The van der Waals surface area contributed by atoms with Crippen molar-refractivity contribution in [1.82, 2.24) is 10.2 Å². The quantitative estimate of drug-likeness (QED) is 0.860. The van der Waals surface area contributed by atoms with E-state index in [1.807, 2.05) is 0 Å². The monoisotopic (exact) mass is 332 g/mol. The molecule has 1 saturated heterocycles. The van der Waals surface area contributed by atoms with E-state index in [4.69, 9.17) is 9.52 Å². The third-order valence-corrected chi connectivity index (χ3v) is 5.88. The molecule has 1 aromatic rings. The molecule has 0 spiro atoms. The van der Waals surface area contributed by atoms with Gasteiger partial charge < -0.3 is 19.7 Å². The third kappa shape index (κ3) is 2.30. The summed E-state index contributed by atoms with van der Waals surface area (Å²) in [6.45, 7) is 1.10. The predicted octanol–water partition coefficient (Wildman–Crippen LogP) is 1.11. The summed E-state index contributed by atoms with van der Waals surface area (Å²) in [5, 5.41) is 12.1. The molecule has 7 nitrogen and oxygen atoms in total. The van der Waals surface area contributed by atoms with Crippen LogP contribution in [0.2, 0.25) is 0 Å². The fraction of sp³-hybridized carbons (Fsp3) is 0.588. The Hall–Kier alpha value is -2.31. The van der Waals surface area contributed by atoms with Crippen LogP contribution in [0.5, 0.6) is 0 Å². The third-order valence-electron chi connectivity index (χ3n) is 5.88. The summed E-state index contributed by atoms with van der Waals surface area (Å²) in [7, 11) is 0. The number of furan rings is 1. The number of carbonyl (C=O) groups excluding carboxylic acids is 2. The van der Waals surface area contributed by atoms with E-state index in [0.717, 1.165) is 0 Å². The predicted molar refractivity (Wildman–Crippen MR) is 82.1 cm³/mol. The zero-order chi connectivity index (χ0) is 16.9. The number of carboxylic acid groups (broad SMARTS) is 1. The lowest BCUT2D eigenvalue weighted by Gasteiger charge is -2.35. The molecule has 2 N–H and O–H groups in total. The number of hydrogen-bond acceptors (Lipinski definition) is 4. The minimum atomic E-state index is -0.732. The summed E-state index contributed by atoms with van der Waals surface area (Å²) in [5.41, 5.74) is -0.00989. The Bertz CT molecular complexity index is 677. The second-order valence-corrected chi connectivity index (χ2v) is 7.17. The van der Waals surface area contributed by atoms with E-state index in [9.17, 15) is 14.4 Å². The summed E-state index contributed by atoms with van der Waals surface area (Å²) in [6.07, 6.45) is 5.42. The largest absolute Gasteiger partial charge is 0.481 e. The van der Waals surface area contributed by atoms with Gasteiger partial charge in [0.15, 0.2) is 0 Å². The first-order valence-electron chi connectivity index (χ1n) is 8.36. The van der Waals surface area contributed by atoms with Gasteiger partial charge >= 0.3 is 5.97 Å². The van der Waals surface area contributed by atoms with Crippen molar-refractivity contribution in [2.24, 2.45) is 17.3 Å². The Kier molecular flexibility index (Phi) is 3.40. The van der Waals surface area contributed by atoms with Crippen molar-refractivity contribution in [3.05, 3.63) is 24.2 Å². The number of hydrogen-bond donors (Lipinski definition) is 2. The van der Waals surface area contributed by atoms with E-state index < -0.39 is 11.4 Å². The number of rotatable bonds is 4. The molecule has 0 bridgehead atoms. The summed E-state index contributed by atoms with van der Waals surface area (Å²) in [6, 6.07) is 1.65. The van der Waals surface area contributed by atoms with Gasteiger partial charge in [0.25, 0.3) is 5.91 Å². The number of carboxylic acids is 1. The first-order valence-corrected chi connectivity index (χ1v) is 8.36. The van der Waals surface area contributed by atoms with Crippen LogP contribution in [-0.2, 0) is 9.59 Å². The zero-order valence-electron chi connectivity index (χ0n) is 13.2. The highest BCUT2D eigenvalue weighted by molar-refractivity contribution is 5.94. The van der Waals surface area contributed by atoms with Gasteiger partial charge in [-0.05, 0) is 37.7 Å². The van der Waals surface area contributed by atoms with Gasteiger partial charge in [-0.1, -0.05) is 0 Å². The van der Waals surface area contributed by atoms with Crippen LogP contribution >= 0.6 is 0 Å². The smallest absolute Gasteiger partial charge is 0.310 e. The van der Waals surface area contributed by atoms with Crippen LogP contribution in [0.3, 0.4) is 0 Å². The molecule has 2 heterocycles. The van der Waals surface area contributed by atoms with Crippen LogP contribution in [0.25, 0.3) is 0 Å². The second kappa shape index (κ2) is 5.36. The van der Waals surface area contributed by atoms with Gasteiger partial charge in [0, 0.05) is 25.0 Å². The van der Waals surface area contributed by atoms with Crippen LogP contribution in [0, 0.1) is 17.3 Å². The molecule has 7 heteroatoms. The molecular formula is C17H20N2O5. The molecule has 1 aliphatic heterocycles. The van der Waals surface area contributed by atoms with Gasteiger partial charge in [-0.15, -0.1) is 0 Å². The van der Waals surface area contributed by atoms with Crippen molar-refractivity contribution < 1.29 is 23.9 Å². The molecular weight excluding hydrogens is 312 g/mol. The molecule has 128 valence electrons. The molecule has 24 heavy (non-hydrogen) atoms. The molecule has 2 saturated carbocycles. The highest BCUT2D eigenvalue weighted by Gasteiger charge is 2.72. The molecule has 0 unspecified atom stereocenters. The topological polar surface area (TPSA) is 99.9 Å². The highest BCUT2D eigenvalue weighted by atomic mass is 16.4. The first-order chi connectivity index (χ1) is 11.5. The Morgan fingerprint density at radius 1 is 1.25 bits per heavy atom. The van der Waals surface area contributed by atoms with Crippen LogP contribution in [0.4, 0.5) is 0 Å². The van der Waals surface area contributed by atoms with Crippen molar-refractivity contribution in [3.63, 3.8) is 0 Å². The number of fused-ring (bicyclic) bond motifs is 1. The van der Waals surface area contributed by atoms with Gasteiger partial charge in [0.05, 0.1) is 17.2 Å². The molecule has 0 aromatic carbocycles. The van der Waals surface area contributed by atoms with Crippen molar-refractivity contribution in [2.45, 2.75) is 31.7 Å². The lowest BCUT2D eigenvalue weighted by Crippen LogP contribution is -2.51. The van der Waals surface area contributed by atoms with E-state index in [1.54, 1.807) is 11.0 Å². The number of nitrogens with one attached hydrogen (secondary N) is 1. The highest BCUT2D eigenvalue weighted by Crippen LogP contribution is 2.67. The molecule has 0 radical (unpaired) electrons. The van der Waals surface area contributed by atoms with Gasteiger partial charge in [0.1, 0.15) is 6.26 Å². The van der Waals surface area contributed by atoms with Gasteiger partial charge in [0.2, 0.25) is 5.91 Å². The maximum Gasteiger partial charge on any atom is 0.310 e. The zero-order valence-corrected chi connectivity index (χ0v) is 13.2. The molecule has 1 aromatic heterocycles. The lowest BCUT2D eigenvalue weighted by atomic mass is 9.79. The van der Waals surface area contributed by atoms with Gasteiger partial charge in [-0.2, -0.15) is 0 Å². The number of nitrogens with zero attached hydrogens (tertiary/aromatic N) is 1. The molecule has 2 amide bonds. The number of amides is 2. The normalized spacial score (nSPS) is 31.8. The van der Waals surface area contributed by atoms with E-state index in [1.165, 1.54) is 12.5 Å². The Morgan fingerprint density at radius 3 is 2.54 bits per heavy atom. The molecule has 4 rings (SSSR count). The standard InChI is InChI=1S/C17H20N2O5/c20-14(18-13-8-17(16(22)23)7-12(13)17)10-1-4-19(5-2-10)15(21)11-3-6-24-9-11/h3,6,9-10,12-13H,1-2,4-5,7-8H2,(H,18,20)(H,22,23)/t12-,13+,17-/m0/s1. The van der Waals surface area contributed by atoms with Crippen molar-refractivity contribution in [3.8, 4) is 0 Å². The van der Waals surface area contributed by atoms with Crippen LogP contribution in [-0.4, -0.2) is 46.9 Å². The number of carbonyl (C=O) groups is 3. The fourth-order valence-electron chi connectivity index (χ4n) is 4.17.